The molecule has 0 saturated heterocycles. The van der Waals surface area contributed by atoms with Gasteiger partial charge in [0, 0.05) is 0 Å². The van der Waals surface area contributed by atoms with Crippen molar-refractivity contribution in [3.05, 3.63) is 48.0 Å². The summed E-state index contributed by atoms with van der Waals surface area (Å²) < 4.78 is 5.28. The zero-order valence-electron chi connectivity index (χ0n) is 15.7. The van der Waals surface area contributed by atoms with Crippen LogP contribution in [0.25, 0.3) is 16.3 Å². The number of benzene rings is 2. The minimum absolute atomic E-state index is 0.175. The molecule has 0 aromatic heterocycles. The minimum atomic E-state index is -1.53. The second-order valence-corrected chi connectivity index (χ2v) is 12.5. The Kier molecular flexibility index (Phi) is 5.34. The van der Waals surface area contributed by atoms with E-state index in [2.05, 4.69) is 50.5 Å². The lowest BCUT2D eigenvalue weighted by Gasteiger charge is -2.25. The molecule has 0 aliphatic carbocycles. The van der Waals surface area contributed by atoms with Crippen LogP contribution in [-0.2, 0) is 9.53 Å². The van der Waals surface area contributed by atoms with Gasteiger partial charge in [-0.05, 0) is 42.7 Å². The maximum Gasteiger partial charge on any atom is 0.313 e. The van der Waals surface area contributed by atoms with Crippen molar-refractivity contribution in [2.75, 3.05) is 6.61 Å². The summed E-state index contributed by atoms with van der Waals surface area (Å²) in [6.07, 6.45) is 0. The van der Waals surface area contributed by atoms with E-state index in [1.165, 1.54) is 10.6 Å². The highest BCUT2D eigenvalue weighted by Gasteiger charge is 2.27. The van der Waals surface area contributed by atoms with Gasteiger partial charge in [-0.25, -0.2) is 0 Å². The molecule has 2 aromatic carbocycles. The van der Waals surface area contributed by atoms with Crippen molar-refractivity contribution < 1.29 is 9.53 Å². The topological polar surface area (TPSA) is 26.3 Å². The van der Waals surface area contributed by atoms with E-state index in [1.54, 1.807) is 0 Å². The van der Waals surface area contributed by atoms with Crippen LogP contribution in [0.15, 0.2) is 36.9 Å². The monoisotopic (exact) mass is 340 g/mol. The van der Waals surface area contributed by atoms with E-state index < -0.39 is 8.07 Å². The third-order valence-electron chi connectivity index (χ3n) is 4.43. The van der Waals surface area contributed by atoms with Gasteiger partial charge in [0.1, 0.15) is 0 Å². The second-order valence-electron chi connectivity index (χ2n) is 7.44. The quantitative estimate of drug-likeness (QED) is 0.560. The predicted octanol–water partition coefficient (Wildman–Crippen LogP) is 5.08. The fourth-order valence-electron chi connectivity index (χ4n) is 3.22. The van der Waals surface area contributed by atoms with Crippen LogP contribution in [0.5, 0.6) is 0 Å². The van der Waals surface area contributed by atoms with Crippen LogP contribution < -0.4 is 5.19 Å². The fourth-order valence-corrected chi connectivity index (χ4v) is 4.83. The van der Waals surface area contributed by atoms with Gasteiger partial charge in [0.05, 0.1) is 20.6 Å². The van der Waals surface area contributed by atoms with Gasteiger partial charge in [0.2, 0.25) is 0 Å². The van der Waals surface area contributed by atoms with Crippen LogP contribution in [0.4, 0.5) is 0 Å². The van der Waals surface area contributed by atoms with Gasteiger partial charge < -0.3 is 4.74 Å². The Morgan fingerprint density at radius 1 is 1.21 bits per heavy atom. The summed E-state index contributed by atoms with van der Waals surface area (Å²) in [5.74, 6) is -0.483. The first-order chi connectivity index (χ1) is 11.2. The van der Waals surface area contributed by atoms with Crippen LogP contribution in [-0.4, -0.2) is 20.7 Å². The molecule has 0 aliphatic heterocycles. The van der Waals surface area contributed by atoms with E-state index in [-0.39, 0.29) is 11.9 Å². The summed E-state index contributed by atoms with van der Waals surface area (Å²) in [6, 6.07) is 10.7. The van der Waals surface area contributed by atoms with Crippen LogP contribution >= 0.6 is 0 Å². The van der Waals surface area contributed by atoms with Crippen LogP contribution in [0, 0.1) is 0 Å². The van der Waals surface area contributed by atoms with Gasteiger partial charge in [-0.15, -0.1) is 0 Å². The highest BCUT2D eigenvalue weighted by atomic mass is 28.3. The molecule has 24 heavy (non-hydrogen) atoms. The Balaban J connectivity index is 2.86. The maximum absolute atomic E-state index is 12.4. The average molecular weight is 341 g/mol. The lowest BCUT2D eigenvalue weighted by atomic mass is 9.87. The lowest BCUT2D eigenvalue weighted by molar-refractivity contribution is -0.144. The Morgan fingerprint density at radius 3 is 2.29 bits per heavy atom. The molecular formula is C21H28O2Si. The van der Waals surface area contributed by atoms with E-state index in [0.29, 0.717) is 6.61 Å². The predicted molar refractivity (Wildman–Crippen MR) is 107 cm³/mol. The smallest absolute Gasteiger partial charge is 0.313 e. The van der Waals surface area contributed by atoms with E-state index in [9.17, 15) is 4.79 Å². The number of carbonyl (C=O) groups excluding carboxylic acids is 1. The largest absolute Gasteiger partial charge is 0.466 e. The molecule has 128 valence electrons. The lowest BCUT2D eigenvalue weighted by Crippen LogP contribution is -2.38. The zero-order valence-corrected chi connectivity index (χ0v) is 16.7. The Morgan fingerprint density at radius 2 is 1.79 bits per heavy atom. The zero-order chi connectivity index (χ0) is 18.1. The van der Waals surface area contributed by atoms with Crippen molar-refractivity contribution in [1.82, 2.24) is 0 Å². The van der Waals surface area contributed by atoms with Gasteiger partial charge >= 0.3 is 5.97 Å². The van der Waals surface area contributed by atoms with Gasteiger partial charge in [0.25, 0.3) is 0 Å². The van der Waals surface area contributed by atoms with Crippen molar-refractivity contribution in [1.29, 1.82) is 0 Å². The van der Waals surface area contributed by atoms with Crippen LogP contribution in [0.2, 0.25) is 19.6 Å². The molecule has 2 aromatic rings. The molecule has 1 atom stereocenters. The number of carbonyl (C=O) groups is 1. The van der Waals surface area contributed by atoms with Crippen molar-refractivity contribution in [2.24, 2.45) is 0 Å². The third kappa shape index (κ3) is 3.46. The summed E-state index contributed by atoms with van der Waals surface area (Å²) >= 11 is 0. The summed E-state index contributed by atoms with van der Waals surface area (Å²) in [4.78, 5) is 12.4. The van der Waals surface area contributed by atoms with Gasteiger partial charge in [0.15, 0.2) is 0 Å². The molecule has 2 rings (SSSR count). The van der Waals surface area contributed by atoms with Crippen LogP contribution in [0.1, 0.15) is 37.8 Å². The number of hydrogen-bond acceptors (Lipinski definition) is 2. The Labute approximate surface area is 146 Å². The first-order valence-corrected chi connectivity index (χ1v) is 12.1. The first kappa shape index (κ1) is 18.5. The number of fused-ring (bicyclic) bond motifs is 1. The molecule has 2 nitrogen and oxygen atoms in total. The van der Waals surface area contributed by atoms with Crippen molar-refractivity contribution >= 4 is 35.6 Å². The number of esters is 1. The fraction of sp³-hybridized carbons (Fsp3) is 0.381. The Bertz CT molecular complexity index is 784. The summed E-state index contributed by atoms with van der Waals surface area (Å²) in [7, 11) is -1.53. The number of hydrogen-bond donors (Lipinski definition) is 0. The van der Waals surface area contributed by atoms with Crippen molar-refractivity contribution in [2.45, 2.75) is 46.3 Å². The highest BCUT2D eigenvalue weighted by molar-refractivity contribution is 6.90. The summed E-state index contributed by atoms with van der Waals surface area (Å²) in [5, 5.41) is 3.82. The molecule has 0 amide bonds. The molecule has 0 N–H and O–H groups in total. The number of allylic oxidation sites excluding steroid dienone is 1. The van der Waals surface area contributed by atoms with Crippen LogP contribution in [0.3, 0.4) is 0 Å². The third-order valence-corrected chi connectivity index (χ3v) is 6.46. The molecule has 0 radical (unpaired) electrons. The Hall–Kier alpha value is -1.87. The molecule has 0 saturated carbocycles. The van der Waals surface area contributed by atoms with Gasteiger partial charge in [-0.1, -0.05) is 67.3 Å². The van der Waals surface area contributed by atoms with E-state index in [1.807, 2.05) is 26.8 Å². The molecule has 0 bridgehead atoms. The maximum atomic E-state index is 12.4. The number of rotatable bonds is 5. The standard InChI is InChI=1S/C21H28O2Si/c1-8-23-21(22)15(4)20-17-12-10-9-11-16(17)19(24(5,6)7)13-18(20)14(2)3/h9-13,15H,2,8H2,1,3-7H3. The van der Waals surface area contributed by atoms with Gasteiger partial charge in [-0.2, -0.15) is 0 Å². The molecule has 0 heterocycles. The average Bonchev–Trinajstić information content (AvgIpc) is 2.51. The molecule has 0 fully saturated rings. The van der Waals surface area contributed by atoms with Crippen molar-refractivity contribution in [3.8, 4) is 0 Å². The summed E-state index contributed by atoms with van der Waals surface area (Å²) in [5.41, 5.74) is 3.12. The molecule has 0 aliphatic rings. The second kappa shape index (κ2) is 6.94. The van der Waals surface area contributed by atoms with Crippen molar-refractivity contribution in [3.63, 3.8) is 0 Å². The molecule has 3 heteroatoms. The summed E-state index contributed by atoms with van der Waals surface area (Å²) in [6.45, 7) is 17.4. The highest BCUT2D eigenvalue weighted by Crippen LogP contribution is 2.33. The molecule has 1 unspecified atom stereocenters. The number of ether oxygens (including phenoxy) is 1. The van der Waals surface area contributed by atoms with E-state index in [0.717, 1.165) is 22.1 Å². The van der Waals surface area contributed by atoms with E-state index >= 15 is 0 Å². The van der Waals surface area contributed by atoms with Gasteiger partial charge in [-0.3, -0.25) is 4.79 Å². The molecular weight excluding hydrogens is 312 g/mol. The SMILES string of the molecule is C=C(C)c1cc([Si](C)(C)C)c2ccccc2c1C(C)C(=O)OCC. The normalized spacial score (nSPS) is 12.9. The minimum Gasteiger partial charge on any atom is -0.466 e. The van der Waals surface area contributed by atoms with E-state index in [4.69, 9.17) is 4.74 Å². The molecule has 0 spiro atoms. The first-order valence-electron chi connectivity index (χ1n) is 8.57.